The highest BCUT2D eigenvalue weighted by molar-refractivity contribution is 6.05. The first-order chi connectivity index (χ1) is 12.2. The Hall–Kier alpha value is -2.70. The molecular weight excluding hydrogens is 318 g/mol. The lowest BCUT2D eigenvalue weighted by molar-refractivity contribution is 0.0342. The maximum absolute atomic E-state index is 11.4. The number of H-pyrrole nitrogens is 1. The number of hydrogen-bond donors (Lipinski definition) is 2. The van der Waals surface area contributed by atoms with Gasteiger partial charge in [0.25, 0.3) is 0 Å². The van der Waals surface area contributed by atoms with E-state index in [4.69, 9.17) is 4.74 Å². The fourth-order valence-corrected chi connectivity index (χ4v) is 3.27. The highest BCUT2D eigenvalue weighted by Gasteiger charge is 2.15. The van der Waals surface area contributed by atoms with E-state index in [1.165, 1.54) is 5.56 Å². The van der Waals surface area contributed by atoms with Crippen LogP contribution >= 0.6 is 0 Å². The summed E-state index contributed by atoms with van der Waals surface area (Å²) < 4.78 is 5.39. The van der Waals surface area contributed by atoms with Gasteiger partial charge in [-0.2, -0.15) is 5.10 Å². The highest BCUT2D eigenvalue weighted by atomic mass is 16.5. The zero-order valence-electron chi connectivity index (χ0n) is 13.7. The smallest absolute Gasteiger partial charge is 0.337 e. The Morgan fingerprint density at radius 1 is 1.20 bits per heavy atom. The topological polar surface area (TPSA) is 78.4 Å². The molecule has 1 aromatic heterocycles. The van der Waals surface area contributed by atoms with Crippen molar-refractivity contribution in [3.05, 3.63) is 53.6 Å². The number of hydrogen-bond acceptors (Lipinski definition) is 4. The van der Waals surface area contributed by atoms with Crippen LogP contribution in [0, 0.1) is 0 Å². The molecule has 0 spiro atoms. The number of carboxylic acids is 1. The van der Waals surface area contributed by atoms with Crippen molar-refractivity contribution in [3.8, 4) is 11.3 Å². The average Bonchev–Trinajstić information content (AvgIpc) is 3.07. The molecule has 2 heterocycles. The number of ether oxygens (including phenoxy) is 1. The van der Waals surface area contributed by atoms with Crippen molar-refractivity contribution < 1.29 is 14.6 Å². The van der Waals surface area contributed by atoms with E-state index in [-0.39, 0.29) is 5.56 Å². The molecule has 3 aromatic rings. The first-order valence-corrected chi connectivity index (χ1v) is 8.32. The van der Waals surface area contributed by atoms with Crippen molar-refractivity contribution in [2.75, 3.05) is 26.3 Å². The largest absolute Gasteiger partial charge is 0.478 e. The van der Waals surface area contributed by atoms with Gasteiger partial charge in [0.05, 0.1) is 30.0 Å². The molecule has 0 radical (unpaired) electrons. The van der Waals surface area contributed by atoms with Crippen molar-refractivity contribution in [2.45, 2.75) is 6.54 Å². The summed E-state index contributed by atoms with van der Waals surface area (Å²) in [6.45, 7) is 4.32. The van der Waals surface area contributed by atoms with Crippen LogP contribution in [0.15, 0.2) is 42.5 Å². The molecule has 2 aromatic carbocycles. The fraction of sp³-hybridized carbons (Fsp3) is 0.263. The molecule has 4 rings (SSSR count). The maximum atomic E-state index is 11.4. The van der Waals surface area contributed by atoms with Gasteiger partial charge in [-0.1, -0.05) is 30.3 Å². The zero-order valence-corrected chi connectivity index (χ0v) is 13.7. The molecule has 1 aliphatic heterocycles. The Balaban J connectivity index is 1.68. The van der Waals surface area contributed by atoms with Crippen LogP contribution in [0.4, 0.5) is 0 Å². The SMILES string of the molecule is O=C(O)c1cccc2c(-c3cccc(CN4CCOCC4)c3)n[nH]c12. The first-order valence-electron chi connectivity index (χ1n) is 8.32. The molecule has 0 unspecified atom stereocenters. The summed E-state index contributed by atoms with van der Waals surface area (Å²) in [5.74, 6) is -0.957. The van der Waals surface area contributed by atoms with Crippen molar-refractivity contribution in [1.29, 1.82) is 0 Å². The van der Waals surface area contributed by atoms with E-state index in [0.29, 0.717) is 5.52 Å². The number of fused-ring (bicyclic) bond motifs is 1. The van der Waals surface area contributed by atoms with Gasteiger partial charge in [-0.25, -0.2) is 4.79 Å². The van der Waals surface area contributed by atoms with Crippen molar-refractivity contribution in [3.63, 3.8) is 0 Å². The number of benzene rings is 2. The van der Waals surface area contributed by atoms with Crippen molar-refractivity contribution in [2.24, 2.45) is 0 Å². The minimum atomic E-state index is -0.957. The lowest BCUT2D eigenvalue weighted by Gasteiger charge is -2.26. The predicted octanol–water partition coefficient (Wildman–Crippen LogP) is 2.76. The number of aromatic amines is 1. The lowest BCUT2D eigenvalue weighted by Crippen LogP contribution is -2.35. The zero-order chi connectivity index (χ0) is 17.2. The average molecular weight is 337 g/mol. The third kappa shape index (κ3) is 3.14. The molecule has 6 heteroatoms. The number of nitrogens with zero attached hydrogens (tertiary/aromatic N) is 2. The molecule has 1 aliphatic rings. The summed E-state index contributed by atoms with van der Waals surface area (Å²) in [5, 5.41) is 17.4. The summed E-state index contributed by atoms with van der Waals surface area (Å²) in [5.41, 5.74) is 3.77. The van der Waals surface area contributed by atoms with Gasteiger partial charge in [0.2, 0.25) is 0 Å². The Morgan fingerprint density at radius 2 is 2.00 bits per heavy atom. The van der Waals surface area contributed by atoms with E-state index in [0.717, 1.165) is 49.5 Å². The number of para-hydroxylation sites is 1. The molecule has 0 bridgehead atoms. The standard InChI is InChI=1S/C19H19N3O3/c23-19(24)16-6-2-5-15-17(20-21-18(15)16)14-4-1-3-13(11-14)12-22-7-9-25-10-8-22/h1-6,11H,7-10,12H2,(H,20,21)(H,23,24). The number of carbonyl (C=O) groups is 1. The van der Waals surface area contributed by atoms with Gasteiger partial charge < -0.3 is 9.84 Å². The highest BCUT2D eigenvalue weighted by Crippen LogP contribution is 2.29. The second-order valence-electron chi connectivity index (χ2n) is 6.19. The molecular formula is C19H19N3O3. The quantitative estimate of drug-likeness (QED) is 0.765. The van der Waals surface area contributed by atoms with Gasteiger partial charge in [0, 0.05) is 30.6 Å². The van der Waals surface area contributed by atoms with Crippen LogP contribution in [0.25, 0.3) is 22.2 Å². The Bertz CT molecular complexity index is 913. The molecule has 1 saturated heterocycles. The third-order valence-corrected chi connectivity index (χ3v) is 4.54. The molecule has 0 amide bonds. The normalized spacial score (nSPS) is 15.5. The van der Waals surface area contributed by atoms with E-state index in [9.17, 15) is 9.90 Å². The summed E-state index contributed by atoms with van der Waals surface area (Å²) >= 11 is 0. The molecule has 128 valence electrons. The van der Waals surface area contributed by atoms with E-state index >= 15 is 0 Å². The van der Waals surface area contributed by atoms with E-state index in [1.807, 2.05) is 18.2 Å². The van der Waals surface area contributed by atoms with Gasteiger partial charge in [-0.05, 0) is 17.7 Å². The third-order valence-electron chi connectivity index (χ3n) is 4.54. The van der Waals surface area contributed by atoms with Crippen LogP contribution in [0.5, 0.6) is 0 Å². The van der Waals surface area contributed by atoms with Crippen molar-refractivity contribution >= 4 is 16.9 Å². The number of rotatable bonds is 4. The van der Waals surface area contributed by atoms with Crippen molar-refractivity contribution in [1.82, 2.24) is 15.1 Å². The van der Waals surface area contributed by atoms with E-state index < -0.39 is 5.97 Å². The van der Waals surface area contributed by atoms with Gasteiger partial charge in [-0.3, -0.25) is 10.00 Å². The van der Waals surface area contributed by atoms with Crippen LogP contribution in [0.1, 0.15) is 15.9 Å². The Morgan fingerprint density at radius 3 is 2.80 bits per heavy atom. The van der Waals surface area contributed by atoms with Crippen LogP contribution in [0.2, 0.25) is 0 Å². The number of aromatic carboxylic acids is 1. The molecule has 25 heavy (non-hydrogen) atoms. The fourth-order valence-electron chi connectivity index (χ4n) is 3.27. The van der Waals surface area contributed by atoms with Gasteiger partial charge >= 0.3 is 5.97 Å². The predicted molar refractivity (Wildman–Crippen MR) is 94.6 cm³/mol. The van der Waals surface area contributed by atoms with Crippen LogP contribution in [-0.2, 0) is 11.3 Å². The lowest BCUT2D eigenvalue weighted by atomic mass is 10.0. The Kier molecular flexibility index (Phi) is 4.21. The van der Waals surface area contributed by atoms with E-state index in [2.05, 4.69) is 27.2 Å². The summed E-state index contributed by atoms with van der Waals surface area (Å²) in [6.07, 6.45) is 0. The molecule has 0 atom stereocenters. The Labute approximate surface area is 145 Å². The van der Waals surface area contributed by atoms with Crippen LogP contribution < -0.4 is 0 Å². The molecule has 0 aliphatic carbocycles. The molecule has 1 fully saturated rings. The van der Waals surface area contributed by atoms with E-state index in [1.54, 1.807) is 12.1 Å². The second kappa shape index (κ2) is 6.66. The number of carboxylic acid groups (broad SMARTS) is 1. The van der Waals surface area contributed by atoms with Gasteiger partial charge in [0.15, 0.2) is 0 Å². The van der Waals surface area contributed by atoms with Crippen LogP contribution in [-0.4, -0.2) is 52.5 Å². The van der Waals surface area contributed by atoms with Gasteiger partial charge in [0.1, 0.15) is 0 Å². The minimum absolute atomic E-state index is 0.237. The second-order valence-corrected chi connectivity index (χ2v) is 6.19. The van der Waals surface area contributed by atoms with Gasteiger partial charge in [-0.15, -0.1) is 0 Å². The monoisotopic (exact) mass is 337 g/mol. The summed E-state index contributed by atoms with van der Waals surface area (Å²) in [7, 11) is 0. The summed E-state index contributed by atoms with van der Waals surface area (Å²) in [4.78, 5) is 13.7. The summed E-state index contributed by atoms with van der Waals surface area (Å²) in [6, 6.07) is 13.5. The maximum Gasteiger partial charge on any atom is 0.337 e. The molecule has 6 nitrogen and oxygen atoms in total. The van der Waals surface area contributed by atoms with Crippen LogP contribution in [0.3, 0.4) is 0 Å². The first kappa shape index (κ1) is 15.8. The number of aromatic nitrogens is 2. The molecule has 2 N–H and O–H groups in total. The number of nitrogens with one attached hydrogen (secondary N) is 1. The minimum Gasteiger partial charge on any atom is -0.478 e. The number of morpholine rings is 1. The molecule has 0 saturated carbocycles.